The maximum Gasteiger partial charge on any atom is 0.241 e. The molecule has 0 bridgehead atoms. The fourth-order valence-electron chi connectivity index (χ4n) is 4.60. The molecule has 1 fully saturated rings. The van der Waals surface area contributed by atoms with Crippen molar-refractivity contribution < 1.29 is 5.11 Å². The lowest BCUT2D eigenvalue weighted by Gasteiger charge is -2.33. The Bertz CT molecular complexity index is 1260. The summed E-state index contributed by atoms with van der Waals surface area (Å²) in [7, 11) is 0. The first kappa shape index (κ1) is 20.9. The summed E-state index contributed by atoms with van der Waals surface area (Å²) in [5.74, 6) is 2.12. The van der Waals surface area contributed by atoms with Crippen molar-refractivity contribution in [2.75, 3.05) is 5.32 Å². The SMILES string of the molecule is Cc1nc2ccc(-c3ccn4nc(NC5CCC(C)(O)CC5)ncc34)nc2n1CC(C)C. The minimum absolute atomic E-state index is 0.288. The van der Waals surface area contributed by atoms with Gasteiger partial charge in [-0.1, -0.05) is 13.8 Å². The fraction of sp³-hybridized carbons (Fsp3) is 0.500. The Balaban J connectivity index is 1.43. The van der Waals surface area contributed by atoms with Gasteiger partial charge in [0.05, 0.1) is 23.0 Å². The van der Waals surface area contributed by atoms with Crippen LogP contribution in [0.15, 0.2) is 30.6 Å². The third kappa shape index (κ3) is 3.95. The summed E-state index contributed by atoms with van der Waals surface area (Å²) in [5, 5.41) is 18.3. The standard InChI is InChI=1S/C24H31N7O/c1-15(2)14-30-16(3)26-20-6-5-19(28-22(20)30)18-9-12-31-21(18)13-25-23(29-31)27-17-7-10-24(4,32)11-8-17/h5-6,9,12-13,15,17,32H,7-8,10-11,14H2,1-4H3,(H,27,29). The van der Waals surface area contributed by atoms with Crippen LogP contribution in [0.2, 0.25) is 0 Å². The molecule has 0 saturated heterocycles. The molecule has 0 spiro atoms. The average Bonchev–Trinajstić information content (AvgIpc) is 3.29. The molecule has 1 saturated carbocycles. The third-order valence-electron chi connectivity index (χ3n) is 6.42. The minimum atomic E-state index is -0.546. The van der Waals surface area contributed by atoms with Crippen LogP contribution in [0.4, 0.5) is 5.95 Å². The molecule has 0 atom stereocenters. The van der Waals surface area contributed by atoms with Crippen molar-refractivity contribution in [2.45, 2.75) is 71.6 Å². The Labute approximate surface area is 187 Å². The van der Waals surface area contributed by atoms with Crippen LogP contribution in [0.25, 0.3) is 27.9 Å². The van der Waals surface area contributed by atoms with Crippen LogP contribution in [-0.2, 0) is 6.54 Å². The second kappa shape index (κ2) is 7.85. The lowest BCUT2D eigenvalue weighted by molar-refractivity contribution is 0.0195. The smallest absolute Gasteiger partial charge is 0.241 e. The average molecular weight is 434 g/mol. The predicted molar refractivity (Wildman–Crippen MR) is 126 cm³/mol. The molecule has 0 amide bonds. The Morgan fingerprint density at radius 1 is 1.19 bits per heavy atom. The van der Waals surface area contributed by atoms with Gasteiger partial charge in [0.15, 0.2) is 5.65 Å². The van der Waals surface area contributed by atoms with Gasteiger partial charge in [-0.15, -0.1) is 5.10 Å². The highest BCUT2D eigenvalue weighted by atomic mass is 16.3. The number of imidazole rings is 1. The van der Waals surface area contributed by atoms with Gasteiger partial charge in [0.1, 0.15) is 11.3 Å². The molecule has 4 heterocycles. The normalized spacial score (nSPS) is 21.6. The van der Waals surface area contributed by atoms with Crippen molar-refractivity contribution in [3.05, 3.63) is 36.4 Å². The molecule has 4 aromatic rings. The lowest BCUT2D eigenvalue weighted by Crippen LogP contribution is -2.36. The van der Waals surface area contributed by atoms with Gasteiger partial charge >= 0.3 is 0 Å². The Morgan fingerprint density at radius 3 is 2.72 bits per heavy atom. The van der Waals surface area contributed by atoms with E-state index in [9.17, 15) is 5.11 Å². The molecular weight excluding hydrogens is 402 g/mol. The summed E-state index contributed by atoms with van der Waals surface area (Å²) in [6.45, 7) is 9.25. The Hall–Kier alpha value is -3.00. The van der Waals surface area contributed by atoms with Gasteiger partial charge < -0.3 is 15.0 Å². The number of aryl methyl sites for hydroxylation is 1. The highest BCUT2D eigenvalue weighted by Gasteiger charge is 2.29. The van der Waals surface area contributed by atoms with Crippen molar-refractivity contribution in [3.63, 3.8) is 0 Å². The maximum absolute atomic E-state index is 10.2. The number of aliphatic hydroxyl groups is 1. The van der Waals surface area contributed by atoms with E-state index in [0.29, 0.717) is 11.9 Å². The number of pyridine rings is 1. The number of rotatable bonds is 5. The Morgan fingerprint density at radius 2 is 1.97 bits per heavy atom. The molecule has 32 heavy (non-hydrogen) atoms. The van der Waals surface area contributed by atoms with E-state index in [0.717, 1.165) is 66.0 Å². The highest BCUT2D eigenvalue weighted by Crippen LogP contribution is 2.30. The van der Waals surface area contributed by atoms with E-state index in [2.05, 4.69) is 38.8 Å². The lowest BCUT2D eigenvalue weighted by atomic mass is 9.84. The van der Waals surface area contributed by atoms with Crippen LogP contribution in [0.3, 0.4) is 0 Å². The molecule has 1 aliphatic carbocycles. The molecule has 5 rings (SSSR count). The van der Waals surface area contributed by atoms with Crippen LogP contribution in [0.5, 0.6) is 0 Å². The molecule has 0 unspecified atom stereocenters. The summed E-state index contributed by atoms with van der Waals surface area (Å²) in [5.41, 5.74) is 4.10. The number of hydrogen-bond acceptors (Lipinski definition) is 6. The van der Waals surface area contributed by atoms with E-state index in [4.69, 9.17) is 4.98 Å². The summed E-state index contributed by atoms with van der Waals surface area (Å²) in [4.78, 5) is 14.2. The molecule has 8 heteroatoms. The van der Waals surface area contributed by atoms with Gasteiger partial charge in [0.25, 0.3) is 0 Å². The van der Waals surface area contributed by atoms with E-state index < -0.39 is 5.60 Å². The predicted octanol–water partition coefficient (Wildman–Crippen LogP) is 4.21. The molecule has 1 aliphatic rings. The van der Waals surface area contributed by atoms with Crippen LogP contribution in [0.1, 0.15) is 52.3 Å². The van der Waals surface area contributed by atoms with Gasteiger partial charge in [-0.3, -0.25) is 0 Å². The van der Waals surface area contributed by atoms with Gasteiger partial charge in [-0.05, 0) is 63.6 Å². The summed E-state index contributed by atoms with van der Waals surface area (Å²) >= 11 is 0. The molecule has 0 aromatic carbocycles. The molecule has 168 valence electrons. The van der Waals surface area contributed by atoms with Crippen molar-refractivity contribution in [2.24, 2.45) is 5.92 Å². The molecule has 4 aromatic heterocycles. The zero-order valence-corrected chi connectivity index (χ0v) is 19.2. The van der Waals surface area contributed by atoms with Crippen molar-refractivity contribution >= 4 is 22.6 Å². The first-order chi connectivity index (χ1) is 15.3. The first-order valence-corrected chi connectivity index (χ1v) is 11.5. The third-order valence-corrected chi connectivity index (χ3v) is 6.42. The second-order valence-corrected chi connectivity index (χ2v) is 9.76. The van der Waals surface area contributed by atoms with Gasteiger partial charge in [0.2, 0.25) is 5.95 Å². The van der Waals surface area contributed by atoms with E-state index in [1.54, 1.807) is 0 Å². The fourth-order valence-corrected chi connectivity index (χ4v) is 4.60. The number of nitrogens with zero attached hydrogens (tertiary/aromatic N) is 6. The monoisotopic (exact) mass is 433 g/mol. The Kier molecular flexibility index (Phi) is 5.12. The zero-order chi connectivity index (χ0) is 22.5. The van der Waals surface area contributed by atoms with Crippen molar-refractivity contribution in [1.82, 2.24) is 29.1 Å². The second-order valence-electron chi connectivity index (χ2n) is 9.76. The topological polar surface area (TPSA) is 93.2 Å². The number of hydrogen-bond donors (Lipinski definition) is 2. The quantitative estimate of drug-likeness (QED) is 0.490. The molecule has 8 nitrogen and oxygen atoms in total. The molecule has 2 N–H and O–H groups in total. The zero-order valence-electron chi connectivity index (χ0n) is 19.2. The maximum atomic E-state index is 10.2. The van der Waals surface area contributed by atoms with Gasteiger partial charge in [-0.25, -0.2) is 19.5 Å². The number of fused-ring (bicyclic) bond motifs is 2. The number of aromatic nitrogens is 6. The van der Waals surface area contributed by atoms with Crippen LogP contribution < -0.4 is 5.32 Å². The molecule has 0 radical (unpaired) electrons. The summed E-state index contributed by atoms with van der Waals surface area (Å²) in [6.07, 6.45) is 7.22. The number of anilines is 1. The highest BCUT2D eigenvalue weighted by molar-refractivity contribution is 5.82. The van der Waals surface area contributed by atoms with Crippen molar-refractivity contribution in [1.29, 1.82) is 0 Å². The first-order valence-electron chi connectivity index (χ1n) is 11.5. The van der Waals surface area contributed by atoms with E-state index in [1.807, 2.05) is 49.0 Å². The van der Waals surface area contributed by atoms with Gasteiger partial charge in [-0.2, -0.15) is 0 Å². The van der Waals surface area contributed by atoms with E-state index in [-0.39, 0.29) is 6.04 Å². The number of nitrogens with one attached hydrogen (secondary N) is 1. The molecular formula is C24H31N7O. The largest absolute Gasteiger partial charge is 0.390 e. The minimum Gasteiger partial charge on any atom is -0.390 e. The van der Waals surface area contributed by atoms with Crippen LogP contribution in [0, 0.1) is 12.8 Å². The van der Waals surface area contributed by atoms with Crippen molar-refractivity contribution in [3.8, 4) is 11.3 Å². The van der Waals surface area contributed by atoms with Crippen LogP contribution in [-0.4, -0.2) is 45.9 Å². The van der Waals surface area contributed by atoms with E-state index in [1.165, 1.54) is 0 Å². The van der Waals surface area contributed by atoms with Crippen LogP contribution >= 0.6 is 0 Å². The summed E-state index contributed by atoms with van der Waals surface area (Å²) < 4.78 is 4.05. The molecule has 0 aliphatic heterocycles. The van der Waals surface area contributed by atoms with Gasteiger partial charge in [0, 0.05) is 24.3 Å². The van der Waals surface area contributed by atoms with E-state index >= 15 is 0 Å². The summed E-state index contributed by atoms with van der Waals surface area (Å²) in [6, 6.07) is 6.38.